The molecule has 0 radical (unpaired) electrons. The molecule has 7 heteroatoms. The van der Waals surface area contributed by atoms with E-state index in [-0.39, 0.29) is 5.75 Å². The third kappa shape index (κ3) is 2.30. The predicted octanol–water partition coefficient (Wildman–Crippen LogP) is 2.10. The largest absolute Gasteiger partial charge is 0.508 e. The maximum Gasteiger partial charge on any atom is 0.255 e. The van der Waals surface area contributed by atoms with Crippen LogP contribution in [-0.4, -0.2) is 24.7 Å². The van der Waals surface area contributed by atoms with Crippen LogP contribution >= 0.6 is 11.6 Å². The molecule has 3 aromatic rings. The summed E-state index contributed by atoms with van der Waals surface area (Å²) in [4.78, 5) is 8.01. The zero-order valence-corrected chi connectivity index (χ0v) is 10.5. The Labute approximate surface area is 113 Å². The smallest absolute Gasteiger partial charge is 0.255 e. The molecule has 0 fully saturated rings. The van der Waals surface area contributed by atoms with Gasteiger partial charge in [-0.3, -0.25) is 0 Å². The number of halogens is 1. The minimum atomic E-state index is 0.241. The highest BCUT2D eigenvalue weighted by molar-refractivity contribution is 6.29. The SMILES string of the molecule is Oc1ccccc1CNc1cc(Cl)nc2ncnn12. The fourth-order valence-corrected chi connectivity index (χ4v) is 1.93. The number of aromatic nitrogens is 4. The van der Waals surface area contributed by atoms with Gasteiger partial charge in [0, 0.05) is 18.2 Å². The van der Waals surface area contributed by atoms with Gasteiger partial charge in [0.25, 0.3) is 5.78 Å². The van der Waals surface area contributed by atoms with Crippen molar-refractivity contribution in [3.8, 4) is 5.75 Å². The Balaban J connectivity index is 1.90. The molecule has 0 aliphatic carbocycles. The number of rotatable bonds is 3. The molecule has 96 valence electrons. The van der Waals surface area contributed by atoms with Crippen LogP contribution in [0.25, 0.3) is 5.78 Å². The minimum absolute atomic E-state index is 0.241. The Morgan fingerprint density at radius 3 is 3.00 bits per heavy atom. The Morgan fingerprint density at radius 1 is 1.32 bits per heavy atom. The minimum Gasteiger partial charge on any atom is -0.508 e. The molecule has 0 aliphatic rings. The Kier molecular flexibility index (Phi) is 2.92. The van der Waals surface area contributed by atoms with Gasteiger partial charge in [-0.2, -0.15) is 19.6 Å². The summed E-state index contributed by atoms with van der Waals surface area (Å²) in [6.07, 6.45) is 1.41. The highest BCUT2D eigenvalue weighted by atomic mass is 35.5. The lowest BCUT2D eigenvalue weighted by molar-refractivity contribution is 0.469. The fourth-order valence-electron chi connectivity index (χ4n) is 1.76. The number of anilines is 1. The maximum atomic E-state index is 9.70. The molecular formula is C12H10ClN5O. The molecule has 0 bridgehead atoms. The van der Waals surface area contributed by atoms with Crippen molar-refractivity contribution in [2.24, 2.45) is 0 Å². The Bertz CT molecular complexity index is 727. The highest BCUT2D eigenvalue weighted by Crippen LogP contribution is 2.19. The van der Waals surface area contributed by atoms with E-state index in [1.807, 2.05) is 12.1 Å². The third-order valence-corrected chi connectivity index (χ3v) is 2.87. The first-order valence-corrected chi connectivity index (χ1v) is 5.99. The van der Waals surface area contributed by atoms with Gasteiger partial charge in [0.05, 0.1) is 0 Å². The van der Waals surface area contributed by atoms with E-state index >= 15 is 0 Å². The van der Waals surface area contributed by atoms with Gasteiger partial charge in [0.2, 0.25) is 0 Å². The number of nitrogens with one attached hydrogen (secondary N) is 1. The first-order chi connectivity index (χ1) is 9.24. The molecule has 0 atom stereocenters. The Hall–Kier alpha value is -2.34. The maximum absolute atomic E-state index is 9.70. The fraction of sp³-hybridized carbons (Fsp3) is 0.0833. The van der Waals surface area contributed by atoms with Crippen molar-refractivity contribution in [2.75, 3.05) is 5.32 Å². The second kappa shape index (κ2) is 4.74. The first-order valence-electron chi connectivity index (χ1n) is 5.61. The summed E-state index contributed by atoms with van der Waals surface area (Å²) in [6.45, 7) is 0.446. The summed E-state index contributed by atoms with van der Waals surface area (Å²) >= 11 is 5.91. The quantitative estimate of drug-likeness (QED) is 0.716. The standard InChI is InChI=1S/C12H10ClN5O/c13-10-5-11(18-12(17-10)15-7-16-18)14-6-8-3-1-2-4-9(8)19/h1-5,7,14,19H,6H2. The van der Waals surface area contributed by atoms with Crippen LogP contribution in [0.5, 0.6) is 5.75 Å². The van der Waals surface area contributed by atoms with Gasteiger partial charge in [-0.15, -0.1) is 0 Å². The summed E-state index contributed by atoms with van der Waals surface area (Å²) in [6, 6.07) is 8.77. The zero-order valence-electron chi connectivity index (χ0n) is 9.79. The van der Waals surface area contributed by atoms with E-state index in [0.29, 0.717) is 23.3 Å². The van der Waals surface area contributed by atoms with E-state index in [2.05, 4.69) is 20.4 Å². The number of hydrogen-bond acceptors (Lipinski definition) is 5. The van der Waals surface area contributed by atoms with Gasteiger partial charge in [-0.25, -0.2) is 0 Å². The molecule has 3 rings (SSSR count). The number of fused-ring (bicyclic) bond motifs is 1. The average molecular weight is 276 g/mol. The van der Waals surface area contributed by atoms with E-state index in [9.17, 15) is 5.11 Å². The summed E-state index contributed by atoms with van der Waals surface area (Å²) in [5.41, 5.74) is 0.781. The van der Waals surface area contributed by atoms with Gasteiger partial charge < -0.3 is 10.4 Å². The average Bonchev–Trinajstić information content (AvgIpc) is 2.85. The van der Waals surface area contributed by atoms with Crippen molar-refractivity contribution in [2.45, 2.75) is 6.54 Å². The van der Waals surface area contributed by atoms with Crippen LogP contribution in [0.4, 0.5) is 5.82 Å². The number of phenolic OH excluding ortho intramolecular Hbond substituents is 1. The van der Waals surface area contributed by atoms with Crippen molar-refractivity contribution in [1.82, 2.24) is 19.6 Å². The zero-order chi connectivity index (χ0) is 13.2. The monoisotopic (exact) mass is 275 g/mol. The van der Waals surface area contributed by atoms with E-state index in [1.54, 1.807) is 22.7 Å². The molecule has 1 aromatic carbocycles. The number of nitrogens with zero attached hydrogens (tertiary/aromatic N) is 4. The lowest BCUT2D eigenvalue weighted by Gasteiger charge is -2.09. The molecule has 0 unspecified atom stereocenters. The molecular weight excluding hydrogens is 266 g/mol. The number of para-hydroxylation sites is 1. The van der Waals surface area contributed by atoms with Crippen molar-refractivity contribution in [1.29, 1.82) is 0 Å². The van der Waals surface area contributed by atoms with Crippen LogP contribution < -0.4 is 5.32 Å². The van der Waals surface area contributed by atoms with Crippen molar-refractivity contribution < 1.29 is 5.11 Å². The summed E-state index contributed by atoms with van der Waals surface area (Å²) in [5, 5.41) is 17.2. The molecule has 0 spiro atoms. The van der Waals surface area contributed by atoms with Crippen LogP contribution in [0.15, 0.2) is 36.7 Å². The molecule has 0 saturated carbocycles. The third-order valence-electron chi connectivity index (χ3n) is 2.67. The van der Waals surface area contributed by atoms with Crippen LogP contribution in [0, 0.1) is 0 Å². The summed E-state index contributed by atoms with van der Waals surface area (Å²) in [5.74, 6) is 1.33. The molecule has 2 aromatic heterocycles. The molecule has 2 heterocycles. The van der Waals surface area contributed by atoms with Crippen LogP contribution in [-0.2, 0) is 6.54 Å². The molecule has 6 nitrogen and oxygen atoms in total. The lowest BCUT2D eigenvalue weighted by Crippen LogP contribution is -2.06. The van der Waals surface area contributed by atoms with E-state index in [1.165, 1.54) is 6.33 Å². The molecule has 0 saturated heterocycles. The lowest BCUT2D eigenvalue weighted by atomic mass is 10.2. The van der Waals surface area contributed by atoms with Gasteiger partial charge in [-0.05, 0) is 6.07 Å². The van der Waals surface area contributed by atoms with Gasteiger partial charge >= 0.3 is 0 Å². The van der Waals surface area contributed by atoms with E-state index in [4.69, 9.17) is 11.6 Å². The van der Waals surface area contributed by atoms with E-state index in [0.717, 1.165) is 5.56 Å². The predicted molar refractivity (Wildman–Crippen MR) is 71.2 cm³/mol. The van der Waals surface area contributed by atoms with Crippen LogP contribution in [0.2, 0.25) is 5.15 Å². The number of hydrogen-bond donors (Lipinski definition) is 2. The van der Waals surface area contributed by atoms with E-state index < -0.39 is 0 Å². The summed E-state index contributed by atoms with van der Waals surface area (Å²) in [7, 11) is 0. The highest BCUT2D eigenvalue weighted by Gasteiger charge is 2.07. The number of benzene rings is 1. The normalized spacial score (nSPS) is 10.8. The molecule has 0 amide bonds. The second-order valence-electron chi connectivity index (χ2n) is 3.92. The Morgan fingerprint density at radius 2 is 2.16 bits per heavy atom. The van der Waals surface area contributed by atoms with Gasteiger partial charge in [-0.1, -0.05) is 29.8 Å². The second-order valence-corrected chi connectivity index (χ2v) is 4.31. The van der Waals surface area contributed by atoms with Crippen molar-refractivity contribution >= 4 is 23.2 Å². The van der Waals surface area contributed by atoms with Crippen molar-refractivity contribution in [3.63, 3.8) is 0 Å². The molecule has 19 heavy (non-hydrogen) atoms. The van der Waals surface area contributed by atoms with Gasteiger partial charge in [0.1, 0.15) is 23.0 Å². The molecule has 0 aliphatic heterocycles. The first kappa shape index (κ1) is 11.7. The van der Waals surface area contributed by atoms with Crippen molar-refractivity contribution in [3.05, 3.63) is 47.4 Å². The molecule has 2 N–H and O–H groups in total. The number of phenols is 1. The van der Waals surface area contributed by atoms with Gasteiger partial charge in [0.15, 0.2) is 0 Å². The number of aromatic hydroxyl groups is 1. The summed E-state index contributed by atoms with van der Waals surface area (Å²) < 4.78 is 1.55. The topological polar surface area (TPSA) is 75.3 Å². The van der Waals surface area contributed by atoms with Crippen LogP contribution in [0.1, 0.15) is 5.56 Å². The van der Waals surface area contributed by atoms with Crippen LogP contribution in [0.3, 0.4) is 0 Å².